The van der Waals surface area contributed by atoms with E-state index in [1.54, 1.807) is 151 Å². The summed E-state index contributed by atoms with van der Waals surface area (Å²) < 4.78 is 195. The van der Waals surface area contributed by atoms with Crippen molar-refractivity contribution >= 4 is 0 Å². The van der Waals surface area contributed by atoms with E-state index >= 15 is 0 Å². The van der Waals surface area contributed by atoms with Gasteiger partial charge in [-0.15, -0.1) is 0 Å². The first kappa shape index (κ1) is 72.5. The van der Waals surface area contributed by atoms with Crippen molar-refractivity contribution < 1.29 is 63.5 Å². The average molecular weight is 1730 g/mol. The molecule has 0 amide bonds. The fourth-order valence-corrected chi connectivity index (χ4v) is 16.2. The van der Waals surface area contributed by atoms with E-state index in [2.05, 4.69) is 279 Å². The standard InChI is InChI=1S/C20H28N.C19H26N.C18H24N.C17H22N.2C16H20N.C15H18N/c1-14-8-9-18(15(2)10-14)19-11-17(12-20(4,5)6)16(3)13-21(19)7;1-13(2)9-17-11-19(20(6)12-16(17)5)18-8-7-14(3)10-15(18)4;1-12(2)17-11-19(6)18(10-15(17)5)16-8-7-13(3)9-14(16)4;1-11-7-13(3)15(5)16(8-11)17-9-12(2)14(4)10-18(17)6;1-11-6-7-16(17(5)10-11)15-9-13(3)12(2)8-14(15)4;1-11-6-7-16(17(5)10-11)15-9-12(2)8-13(3)14(15)4;1-11-9-12(2)13(3)14(10-11)15-7-5-6-8-16(15)4/h8-11,13H,12H2,1-7H3;7-8,10-13H,9H2,1-6H3;7-12H,1-6H3;7-10H,1-6H3;2*6-10H,1-5H3;5-10H,1-4H3/q7*+1/i1D3,3D3,12D2;3D3,5D3,9D2;1D3,3D3,12D;;;;. The molecule has 1 atom stereocenters. The van der Waals surface area contributed by atoms with E-state index in [0.29, 0.717) is 22.5 Å². The van der Waals surface area contributed by atoms with E-state index in [9.17, 15) is 0 Å². The van der Waals surface area contributed by atoms with E-state index in [4.69, 9.17) is 31.5 Å². The van der Waals surface area contributed by atoms with Gasteiger partial charge in [0.2, 0.25) is 39.9 Å². The van der Waals surface area contributed by atoms with Gasteiger partial charge in [-0.3, -0.25) is 0 Å². The molecule has 0 bridgehead atoms. The number of hydrogen-bond donors (Lipinski definition) is 0. The Kier molecular flexibility index (Phi) is 25.2. The van der Waals surface area contributed by atoms with E-state index in [-0.39, 0.29) is 38.9 Å². The second-order valence-corrected chi connectivity index (χ2v) is 36.7. The summed E-state index contributed by atoms with van der Waals surface area (Å²) in [5.74, 6) is -2.14. The first-order valence-electron chi connectivity index (χ1n) is 55.7. The van der Waals surface area contributed by atoms with Gasteiger partial charge >= 0.3 is 0 Å². The number of rotatable bonds is 11. The van der Waals surface area contributed by atoms with E-state index in [0.717, 1.165) is 39.1 Å². The van der Waals surface area contributed by atoms with Gasteiger partial charge in [0.05, 0.1) is 0 Å². The van der Waals surface area contributed by atoms with Crippen molar-refractivity contribution in [2.75, 3.05) is 0 Å². The Morgan fingerprint density at radius 2 is 0.617 bits per heavy atom. The lowest BCUT2D eigenvalue weighted by atomic mass is 9.86. The highest BCUT2D eigenvalue weighted by Crippen LogP contribution is 2.34. The summed E-state index contributed by atoms with van der Waals surface area (Å²) in [7, 11) is 13.6. The van der Waals surface area contributed by atoms with Crippen LogP contribution in [0.4, 0.5) is 0 Å². The summed E-state index contributed by atoms with van der Waals surface area (Å²) in [5.41, 5.74) is 39.9. The van der Waals surface area contributed by atoms with E-state index < -0.39 is 71.1 Å². The number of nitrogens with zero attached hydrogens (tertiary/aromatic N) is 7. The summed E-state index contributed by atoms with van der Waals surface area (Å²) in [6, 6.07) is 55.1. The Labute approximate surface area is 808 Å². The molecule has 0 aliphatic carbocycles. The van der Waals surface area contributed by atoms with Crippen molar-refractivity contribution in [3.05, 3.63) is 369 Å². The third-order valence-electron chi connectivity index (χ3n) is 23.6. The quantitative estimate of drug-likeness (QED) is 0.115. The molecule has 14 aromatic rings. The zero-order chi connectivity index (χ0) is 115. The van der Waals surface area contributed by atoms with Crippen LogP contribution in [0.15, 0.2) is 213 Å². The van der Waals surface area contributed by atoms with Crippen LogP contribution in [-0.4, -0.2) is 0 Å². The molecule has 670 valence electrons. The van der Waals surface area contributed by atoms with Gasteiger partial charge in [-0.1, -0.05) is 142 Å². The smallest absolute Gasteiger partial charge is 0.201 e. The second-order valence-electron chi connectivity index (χ2n) is 36.7. The number of aryl methyl sites for hydroxylation is 29. The lowest BCUT2D eigenvalue weighted by molar-refractivity contribution is -0.661. The molecule has 7 nitrogen and oxygen atoms in total. The fraction of sp³-hybridized carbons (Fsp3) is 0.364. The molecule has 0 fully saturated rings. The molecule has 7 aromatic heterocycles. The monoisotopic (exact) mass is 1730 g/mol. The van der Waals surface area contributed by atoms with Crippen molar-refractivity contribution in [2.24, 2.45) is 60.7 Å². The average Bonchev–Trinajstić information content (AvgIpc) is 0.746. The van der Waals surface area contributed by atoms with Crippen molar-refractivity contribution in [1.29, 1.82) is 0 Å². The van der Waals surface area contributed by atoms with Gasteiger partial charge in [0.25, 0.3) is 0 Å². The molecule has 0 saturated heterocycles. The number of aromatic nitrogens is 7. The molecule has 0 aliphatic heterocycles. The Morgan fingerprint density at radius 1 is 0.273 bits per heavy atom. The minimum absolute atomic E-state index is 0.0192. The maximum atomic E-state index is 8.67. The van der Waals surface area contributed by atoms with Crippen LogP contribution >= 0.6 is 0 Å². The van der Waals surface area contributed by atoms with Crippen molar-refractivity contribution in [2.45, 2.75) is 240 Å². The maximum absolute atomic E-state index is 8.67. The molecule has 0 spiro atoms. The summed E-state index contributed by atoms with van der Waals surface area (Å²) in [6.45, 7) is 38.0. The second kappa shape index (κ2) is 44.5. The van der Waals surface area contributed by atoms with Gasteiger partial charge in [-0.25, -0.2) is 32.0 Å². The predicted octanol–water partition coefficient (Wildman–Crippen LogP) is 26.9. The Hall–Kier alpha value is -11.4. The third-order valence-corrected chi connectivity index (χ3v) is 23.6. The predicted molar refractivity (Wildman–Crippen MR) is 546 cm³/mol. The van der Waals surface area contributed by atoms with Crippen molar-refractivity contribution in [3.8, 4) is 78.8 Å². The lowest BCUT2D eigenvalue weighted by Gasteiger charge is -2.19. The van der Waals surface area contributed by atoms with E-state index in [1.807, 2.05) is 13.0 Å². The summed E-state index contributed by atoms with van der Waals surface area (Å²) >= 11 is 0. The first-order valence-corrected chi connectivity index (χ1v) is 44.2. The van der Waals surface area contributed by atoms with Gasteiger partial charge in [0.1, 0.15) is 49.3 Å². The van der Waals surface area contributed by atoms with Crippen LogP contribution < -0.4 is 32.0 Å². The SMILES string of the molecule is Cc1cc(C)c(C)c(-c2cc(C)c(C)c[n+]2C)c1.Cc1cc(C)c(C)c(-c2ccc(C)c[n+]2C)c1.Cc1cc(C)c(C)c(-c2cccc[n+]2C)c1.Cc1ccc(-c2cc(C)c(C)cc2C)[n+](C)c1.[2H]C([2H])([2H])c1ccc(-c2cc(C([2H])([2H])C(C)(C)C)c(C([2H])([2H])[2H])c[n+]2C)c(C)c1.[2H]C([2H])([2H])c1ccc(-c2cc(C([2H])([2H])C(C)C)c(C([2H])([2H])[2H])c[n+]2C)c(C)c1.[2H]C([2H])([2H])c1ccc(-c2cc(C)c(C([2H])(C)C([2H])([2H])[2H])c[n+]2C)c(C)c1. The highest BCUT2D eigenvalue weighted by molar-refractivity contribution is 5.69. The molecule has 0 N–H and O–H groups in total. The number of hydrogen-bond acceptors (Lipinski definition) is 0. The molecular formula is C121H158N7+7. The highest BCUT2D eigenvalue weighted by Gasteiger charge is 2.25. The molecule has 0 saturated carbocycles. The Bertz CT molecular complexity index is 7320. The minimum atomic E-state index is -2.47. The molecule has 14 rings (SSSR count). The third kappa shape index (κ3) is 27.1. The molecule has 7 heteroatoms. The van der Waals surface area contributed by atoms with Crippen LogP contribution in [0.25, 0.3) is 78.8 Å². The fourth-order valence-electron chi connectivity index (χ4n) is 16.2. The zero-order valence-electron chi connectivity index (χ0n) is 106. The van der Waals surface area contributed by atoms with Crippen LogP contribution in [-0.2, 0) is 62.1 Å². The van der Waals surface area contributed by atoms with Gasteiger partial charge in [0.15, 0.2) is 43.4 Å². The summed E-state index contributed by atoms with van der Waals surface area (Å²) in [6.07, 6.45) is 9.50. The van der Waals surface area contributed by atoms with Crippen LogP contribution in [0.2, 0.25) is 0 Å². The van der Waals surface area contributed by atoms with Crippen LogP contribution in [0.3, 0.4) is 0 Å². The van der Waals surface area contributed by atoms with Gasteiger partial charge in [-0.2, -0.15) is 0 Å². The normalized spacial score (nSPS) is 14.9. The largest absolute Gasteiger partial charge is 0.212 e. The number of pyridine rings is 7. The molecule has 7 heterocycles. The lowest BCUT2D eigenvalue weighted by Crippen LogP contribution is -2.32. The topological polar surface area (TPSA) is 27.2 Å². The van der Waals surface area contributed by atoms with Crippen LogP contribution in [0.5, 0.6) is 0 Å². The Morgan fingerprint density at radius 3 is 1.02 bits per heavy atom. The highest BCUT2D eigenvalue weighted by atomic mass is 15.0. The summed E-state index contributed by atoms with van der Waals surface area (Å²) in [5, 5.41) is 0. The Balaban J connectivity index is 0.000000217. The van der Waals surface area contributed by atoms with Gasteiger partial charge in [0, 0.05) is 152 Å². The molecule has 128 heavy (non-hydrogen) atoms. The van der Waals surface area contributed by atoms with Crippen LogP contribution in [0.1, 0.15) is 242 Å². The molecule has 0 aliphatic rings. The molecule has 7 aromatic carbocycles. The zero-order valence-corrected chi connectivity index (χ0v) is 82.9. The molecule has 0 radical (unpaired) electrons. The van der Waals surface area contributed by atoms with Crippen molar-refractivity contribution in [3.63, 3.8) is 0 Å². The molecular weight excluding hydrogens is 1550 g/mol. The number of benzene rings is 7. The van der Waals surface area contributed by atoms with Crippen molar-refractivity contribution in [1.82, 2.24) is 0 Å². The first-order chi connectivity index (χ1) is 69.1. The van der Waals surface area contributed by atoms with Gasteiger partial charge in [-0.05, 0) is 352 Å². The van der Waals surface area contributed by atoms with Crippen LogP contribution in [0, 0.1) is 184 Å². The minimum Gasteiger partial charge on any atom is -0.201 e. The summed E-state index contributed by atoms with van der Waals surface area (Å²) in [4.78, 5) is 0. The molecule has 1 unspecified atom stereocenters. The maximum Gasteiger partial charge on any atom is 0.212 e. The van der Waals surface area contributed by atoms with E-state index in [1.165, 1.54) is 165 Å². The van der Waals surface area contributed by atoms with Gasteiger partial charge < -0.3 is 0 Å².